The molecule has 0 saturated heterocycles. The second-order valence-corrected chi connectivity index (χ2v) is 11.5. The molecule has 2 aromatic carbocycles. The summed E-state index contributed by atoms with van der Waals surface area (Å²) in [4.78, 5) is 0. The molecule has 6 heteroatoms. The quantitative estimate of drug-likeness (QED) is 0.177. The van der Waals surface area contributed by atoms with Gasteiger partial charge in [0.15, 0.2) is 0 Å². The monoisotopic (exact) mass is 574 g/mol. The molecule has 0 aromatic heterocycles. The molecule has 6 nitrogen and oxygen atoms in total. The maximum absolute atomic E-state index is 4.60. The van der Waals surface area contributed by atoms with E-state index in [0.29, 0.717) is 22.7 Å². The predicted octanol–water partition coefficient (Wildman–Crippen LogP) is 13.0. The fraction of sp³-hybridized carbons (Fsp3) is 0.158. The van der Waals surface area contributed by atoms with Gasteiger partial charge >= 0.3 is 0 Å². The van der Waals surface area contributed by atoms with Gasteiger partial charge in [-0.25, -0.2) is 0 Å². The third-order valence-electron chi connectivity index (χ3n) is 7.77. The number of fused-ring (bicyclic) bond motifs is 2. The SMILES string of the molecule is Cc1cc(C)c2ccc(N=Nc3cccc(N=Nc4cccc(N=Nc5ccc6c(C)cc(C)cc(C)c5-6)c4)c3)c-2c(C)c1. The molecule has 0 saturated carbocycles. The highest BCUT2D eigenvalue weighted by Crippen LogP contribution is 2.41. The summed E-state index contributed by atoms with van der Waals surface area (Å²) in [6.45, 7) is 12.8. The lowest BCUT2D eigenvalue weighted by Crippen LogP contribution is -1.77. The van der Waals surface area contributed by atoms with Crippen LogP contribution in [0.1, 0.15) is 33.4 Å². The molecule has 0 fully saturated rings. The molecule has 0 amide bonds. The normalized spacial score (nSPS) is 12.0. The molecule has 0 unspecified atom stereocenters. The van der Waals surface area contributed by atoms with Crippen LogP contribution in [0.3, 0.4) is 0 Å². The topological polar surface area (TPSA) is 74.2 Å². The van der Waals surface area contributed by atoms with Crippen molar-refractivity contribution < 1.29 is 0 Å². The summed E-state index contributed by atoms with van der Waals surface area (Å²) >= 11 is 0. The summed E-state index contributed by atoms with van der Waals surface area (Å²) < 4.78 is 0. The maximum atomic E-state index is 4.60. The Hall–Kier alpha value is -5.36. The van der Waals surface area contributed by atoms with Gasteiger partial charge in [0.1, 0.15) is 0 Å². The number of benzene rings is 2. The second-order valence-electron chi connectivity index (χ2n) is 11.5. The van der Waals surface area contributed by atoms with E-state index in [-0.39, 0.29) is 0 Å². The van der Waals surface area contributed by atoms with Crippen molar-refractivity contribution in [3.05, 3.63) is 130 Å². The van der Waals surface area contributed by atoms with Crippen LogP contribution in [-0.4, -0.2) is 0 Å². The van der Waals surface area contributed by atoms with Gasteiger partial charge in [-0.2, -0.15) is 20.5 Å². The van der Waals surface area contributed by atoms with E-state index < -0.39 is 0 Å². The molecule has 0 heterocycles. The lowest BCUT2D eigenvalue weighted by molar-refractivity contribution is 1.20. The van der Waals surface area contributed by atoms with E-state index in [1.54, 1.807) is 0 Å². The van der Waals surface area contributed by atoms with Gasteiger partial charge in [-0.1, -0.05) is 59.7 Å². The highest BCUT2D eigenvalue weighted by Gasteiger charge is 2.15. The number of rotatable bonds is 6. The van der Waals surface area contributed by atoms with Gasteiger partial charge in [-0.3, -0.25) is 0 Å². The largest absolute Gasteiger partial charge is 0.150 e. The Morgan fingerprint density at radius 2 is 0.682 bits per heavy atom. The minimum atomic E-state index is 0.687. The Bertz CT molecular complexity index is 1890. The van der Waals surface area contributed by atoms with Crippen molar-refractivity contribution in [1.82, 2.24) is 0 Å². The molecule has 0 bridgehead atoms. The van der Waals surface area contributed by atoms with Gasteiger partial charge in [0.25, 0.3) is 0 Å². The number of azo groups is 3. The minimum absolute atomic E-state index is 0.687. The lowest BCUT2D eigenvalue weighted by Gasteiger charge is -2.02. The summed E-state index contributed by atoms with van der Waals surface area (Å²) in [6.07, 6.45) is 0. The first-order valence-corrected chi connectivity index (χ1v) is 14.7. The zero-order chi connectivity index (χ0) is 30.8. The minimum Gasteiger partial charge on any atom is -0.150 e. The molecule has 216 valence electrons. The highest BCUT2D eigenvalue weighted by molar-refractivity contribution is 5.85. The number of nitrogens with zero attached hydrogens (tertiary/aromatic N) is 6. The van der Waals surface area contributed by atoms with Crippen molar-refractivity contribution in [3.63, 3.8) is 0 Å². The van der Waals surface area contributed by atoms with Crippen LogP contribution in [0, 0.1) is 41.5 Å². The van der Waals surface area contributed by atoms with Crippen LogP contribution < -0.4 is 0 Å². The number of hydrogen-bond acceptors (Lipinski definition) is 6. The molecule has 4 aliphatic rings. The average molecular weight is 575 g/mol. The Balaban J connectivity index is 1.20. The van der Waals surface area contributed by atoms with E-state index in [9.17, 15) is 0 Å². The van der Waals surface area contributed by atoms with Crippen LogP contribution in [0.15, 0.2) is 128 Å². The molecule has 0 N–H and O–H groups in total. The standard InChI is InChI=1S/C38H34N6/c1-23-17-25(3)33-13-15-35(37(33)27(5)19-23)43-41-31-11-7-9-29(21-31)39-40-30-10-8-12-32(22-30)42-44-36-16-14-34-26(4)18-24(2)20-28(6)38(34)36/h7-22H,1-6H3. The molecule has 2 aromatic rings. The summed E-state index contributed by atoms with van der Waals surface area (Å²) in [6, 6.07) is 32.3. The fourth-order valence-corrected chi connectivity index (χ4v) is 5.91. The van der Waals surface area contributed by atoms with E-state index in [2.05, 4.69) is 109 Å². The van der Waals surface area contributed by atoms with E-state index in [1.165, 1.54) is 44.5 Å². The van der Waals surface area contributed by atoms with Crippen LogP contribution in [-0.2, 0) is 0 Å². The Morgan fingerprint density at radius 1 is 0.341 bits per heavy atom. The fourth-order valence-electron chi connectivity index (χ4n) is 5.91. The molecule has 0 atom stereocenters. The molecule has 6 rings (SSSR count). The van der Waals surface area contributed by atoms with Gasteiger partial charge in [-0.05, 0) is 123 Å². The van der Waals surface area contributed by atoms with Crippen LogP contribution in [0.4, 0.5) is 34.1 Å². The van der Waals surface area contributed by atoms with E-state index in [4.69, 9.17) is 0 Å². The highest BCUT2D eigenvalue weighted by atomic mass is 15.1. The lowest BCUT2D eigenvalue weighted by atomic mass is 10.0. The number of aryl methyl sites for hydroxylation is 6. The first kappa shape index (κ1) is 28.7. The van der Waals surface area contributed by atoms with Crippen molar-refractivity contribution in [2.24, 2.45) is 30.7 Å². The van der Waals surface area contributed by atoms with Crippen molar-refractivity contribution in [3.8, 4) is 22.3 Å². The molecule has 0 spiro atoms. The summed E-state index contributed by atoms with van der Waals surface area (Å²) in [5.74, 6) is 0. The average Bonchev–Trinajstić information content (AvgIpc) is 3.58. The second kappa shape index (κ2) is 12.1. The maximum Gasteiger partial charge on any atom is 0.0938 e. The summed E-state index contributed by atoms with van der Waals surface area (Å²) in [7, 11) is 0. The third-order valence-corrected chi connectivity index (χ3v) is 7.77. The molecular formula is C38H34N6. The van der Waals surface area contributed by atoms with Crippen molar-refractivity contribution in [1.29, 1.82) is 0 Å². The first-order valence-electron chi connectivity index (χ1n) is 14.7. The van der Waals surface area contributed by atoms with E-state index in [1.807, 2.05) is 60.7 Å². The van der Waals surface area contributed by atoms with E-state index >= 15 is 0 Å². The van der Waals surface area contributed by atoms with Crippen LogP contribution in [0.2, 0.25) is 0 Å². The van der Waals surface area contributed by atoms with Crippen molar-refractivity contribution >= 4 is 34.1 Å². The van der Waals surface area contributed by atoms with Gasteiger partial charge in [-0.15, -0.1) is 10.2 Å². The Labute approximate surface area is 258 Å². The van der Waals surface area contributed by atoms with Crippen LogP contribution in [0.5, 0.6) is 0 Å². The van der Waals surface area contributed by atoms with Gasteiger partial charge in [0.05, 0.1) is 34.1 Å². The molecule has 44 heavy (non-hydrogen) atoms. The van der Waals surface area contributed by atoms with Crippen molar-refractivity contribution in [2.45, 2.75) is 41.5 Å². The first-order chi connectivity index (χ1) is 21.2. The molecular weight excluding hydrogens is 540 g/mol. The predicted molar refractivity (Wildman–Crippen MR) is 180 cm³/mol. The molecule has 4 aliphatic carbocycles. The molecule has 0 radical (unpaired) electrons. The van der Waals surface area contributed by atoms with Gasteiger partial charge in [0, 0.05) is 11.1 Å². The van der Waals surface area contributed by atoms with Gasteiger partial charge in [0.2, 0.25) is 0 Å². The summed E-state index contributed by atoms with van der Waals surface area (Å²) in [5.41, 5.74) is 16.5. The Kier molecular flexibility index (Phi) is 7.90. The summed E-state index contributed by atoms with van der Waals surface area (Å²) in [5, 5.41) is 27.2. The third kappa shape index (κ3) is 6.06. The van der Waals surface area contributed by atoms with E-state index in [0.717, 1.165) is 22.5 Å². The van der Waals surface area contributed by atoms with Crippen LogP contribution >= 0.6 is 0 Å². The van der Waals surface area contributed by atoms with Crippen LogP contribution in [0.25, 0.3) is 22.3 Å². The number of hydrogen-bond donors (Lipinski definition) is 0. The zero-order valence-electron chi connectivity index (χ0n) is 25.9. The van der Waals surface area contributed by atoms with Gasteiger partial charge < -0.3 is 0 Å². The Morgan fingerprint density at radius 3 is 1.07 bits per heavy atom. The smallest absolute Gasteiger partial charge is 0.0938 e. The van der Waals surface area contributed by atoms with Crippen molar-refractivity contribution in [2.75, 3.05) is 0 Å². The zero-order valence-corrected chi connectivity index (χ0v) is 25.9. The molecule has 0 aliphatic heterocycles.